The Hall–Kier alpha value is -1.61. The fraction of sp³-hybridized carbons (Fsp3) is 0.375. The number of aromatic nitrogens is 2. The maximum atomic E-state index is 5.99. The van der Waals surface area contributed by atoms with Crippen molar-refractivity contribution in [3.63, 3.8) is 0 Å². The minimum Gasteiger partial charge on any atom is -0.348 e. The van der Waals surface area contributed by atoms with Gasteiger partial charge in [-0.1, -0.05) is 48.9 Å². The molecule has 104 valence electrons. The molecule has 1 aliphatic rings. The molecule has 3 nitrogen and oxygen atoms in total. The predicted octanol–water partition coefficient (Wildman–Crippen LogP) is 4.11. The standard InChI is InChI=1S/C16H18ClN3/c1-12-7-8-14(13-5-3-2-4-6-13)20(11-12)16-10-18-9-15(17)19-16/h2-6,9-10,12,14H,7-8,11H2,1H3/t12-,14-/m0/s1. The Morgan fingerprint density at radius 2 is 1.95 bits per heavy atom. The molecule has 0 N–H and O–H groups in total. The molecule has 1 saturated heterocycles. The topological polar surface area (TPSA) is 29.0 Å². The quantitative estimate of drug-likeness (QED) is 0.832. The highest BCUT2D eigenvalue weighted by atomic mass is 35.5. The fourth-order valence-corrected chi connectivity index (χ4v) is 3.04. The van der Waals surface area contributed by atoms with E-state index in [9.17, 15) is 0 Å². The second-order valence-electron chi connectivity index (χ2n) is 5.46. The zero-order valence-corrected chi connectivity index (χ0v) is 12.3. The highest BCUT2D eigenvalue weighted by Crippen LogP contribution is 2.36. The fourth-order valence-electron chi connectivity index (χ4n) is 2.90. The van der Waals surface area contributed by atoms with E-state index in [0.29, 0.717) is 17.1 Å². The first-order valence-electron chi connectivity index (χ1n) is 7.03. The number of anilines is 1. The van der Waals surface area contributed by atoms with Crippen LogP contribution in [0.25, 0.3) is 0 Å². The van der Waals surface area contributed by atoms with Gasteiger partial charge in [0.15, 0.2) is 0 Å². The smallest absolute Gasteiger partial charge is 0.149 e. The summed E-state index contributed by atoms with van der Waals surface area (Å²) in [4.78, 5) is 10.9. The van der Waals surface area contributed by atoms with Crippen LogP contribution in [0.4, 0.5) is 5.82 Å². The van der Waals surface area contributed by atoms with Gasteiger partial charge in [0.2, 0.25) is 0 Å². The first kappa shape index (κ1) is 13.4. The second kappa shape index (κ2) is 5.80. The summed E-state index contributed by atoms with van der Waals surface area (Å²) in [7, 11) is 0. The van der Waals surface area contributed by atoms with Gasteiger partial charge in [-0.3, -0.25) is 4.98 Å². The molecule has 0 unspecified atom stereocenters. The van der Waals surface area contributed by atoms with Crippen molar-refractivity contribution in [1.82, 2.24) is 9.97 Å². The number of hydrogen-bond donors (Lipinski definition) is 0. The average Bonchev–Trinajstić information content (AvgIpc) is 2.48. The van der Waals surface area contributed by atoms with E-state index >= 15 is 0 Å². The molecule has 2 aromatic rings. The molecule has 0 amide bonds. The minimum atomic E-state index is 0.361. The molecular weight excluding hydrogens is 270 g/mol. The summed E-state index contributed by atoms with van der Waals surface area (Å²) in [5, 5.41) is 0.451. The van der Waals surface area contributed by atoms with Crippen molar-refractivity contribution in [2.75, 3.05) is 11.4 Å². The Kier molecular flexibility index (Phi) is 3.88. The number of rotatable bonds is 2. The molecule has 0 radical (unpaired) electrons. The van der Waals surface area contributed by atoms with Crippen LogP contribution in [-0.4, -0.2) is 16.5 Å². The van der Waals surface area contributed by atoms with Gasteiger partial charge in [-0.05, 0) is 24.3 Å². The van der Waals surface area contributed by atoms with Crippen molar-refractivity contribution in [3.8, 4) is 0 Å². The van der Waals surface area contributed by atoms with Gasteiger partial charge in [0.05, 0.1) is 18.4 Å². The lowest BCUT2D eigenvalue weighted by atomic mass is 9.90. The molecule has 3 rings (SSSR count). The maximum Gasteiger partial charge on any atom is 0.149 e. The highest BCUT2D eigenvalue weighted by Gasteiger charge is 2.28. The minimum absolute atomic E-state index is 0.361. The molecule has 0 saturated carbocycles. The molecule has 4 heteroatoms. The zero-order valence-electron chi connectivity index (χ0n) is 11.5. The number of hydrogen-bond acceptors (Lipinski definition) is 3. The third-order valence-corrected chi connectivity index (χ3v) is 4.07. The van der Waals surface area contributed by atoms with Crippen molar-refractivity contribution in [1.29, 1.82) is 0 Å². The van der Waals surface area contributed by atoms with Crippen molar-refractivity contribution in [3.05, 3.63) is 53.4 Å². The lowest BCUT2D eigenvalue weighted by Crippen LogP contribution is -2.38. The van der Waals surface area contributed by atoms with Crippen molar-refractivity contribution in [2.45, 2.75) is 25.8 Å². The highest BCUT2D eigenvalue weighted by molar-refractivity contribution is 6.29. The van der Waals surface area contributed by atoms with Gasteiger partial charge in [-0.2, -0.15) is 0 Å². The van der Waals surface area contributed by atoms with Gasteiger partial charge >= 0.3 is 0 Å². The summed E-state index contributed by atoms with van der Waals surface area (Å²) in [6, 6.07) is 11.0. The maximum absolute atomic E-state index is 5.99. The molecular formula is C16H18ClN3. The Bertz CT molecular complexity index is 573. The van der Waals surface area contributed by atoms with E-state index in [4.69, 9.17) is 11.6 Å². The van der Waals surface area contributed by atoms with E-state index in [1.165, 1.54) is 12.0 Å². The van der Waals surface area contributed by atoms with Crippen LogP contribution < -0.4 is 4.90 Å². The first-order valence-corrected chi connectivity index (χ1v) is 7.41. The van der Waals surface area contributed by atoms with Crippen molar-refractivity contribution < 1.29 is 0 Å². The number of halogens is 1. The Labute approximate surface area is 124 Å². The largest absolute Gasteiger partial charge is 0.348 e. The molecule has 1 aromatic heterocycles. The van der Waals surface area contributed by atoms with Gasteiger partial charge in [-0.25, -0.2) is 4.98 Å². The molecule has 2 atom stereocenters. The van der Waals surface area contributed by atoms with Gasteiger partial charge < -0.3 is 4.90 Å². The summed E-state index contributed by atoms with van der Waals surface area (Å²) in [5.74, 6) is 1.54. The molecule has 2 heterocycles. The lowest BCUT2D eigenvalue weighted by molar-refractivity contribution is 0.379. The van der Waals surface area contributed by atoms with Crippen LogP contribution in [-0.2, 0) is 0 Å². The molecule has 20 heavy (non-hydrogen) atoms. The summed E-state index contributed by atoms with van der Waals surface area (Å²) >= 11 is 5.99. The Morgan fingerprint density at radius 3 is 2.70 bits per heavy atom. The van der Waals surface area contributed by atoms with E-state index in [1.54, 1.807) is 12.4 Å². The summed E-state index contributed by atoms with van der Waals surface area (Å²) in [6.07, 6.45) is 5.76. The van der Waals surface area contributed by atoms with Crippen LogP contribution in [0.15, 0.2) is 42.7 Å². The average molecular weight is 288 g/mol. The normalized spacial score (nSPS) is 22.8. The molecule has 1 aliphatic heterocycles. The molecule has 0 aliphatic carbocycles. The van der Waals surface area contributed by atoms with E-state index in [2.05, 4.69) is 52.1 Å². The first-order chi connectivity index (χ1) is 9.74. The molecule has 0 bridgehead atoms. The molecule has 0 spiro atoms. The van der Waals surface area contributed by atoms with E-state index in [-0.39, 0.29) is 0 Å². The van der Waals surface area contributed by atoms with Crippen LogP contribution in [0.1, 0.15) is 31.4 Å². The van der Waals surface area contributed by atoms with Crippen LogP contribution in [0.5, 0.6) is 0 Å². The third-order valence-electron chi connectivity index (χ3n) is 3.89. The number of nitrogens with zero attached hydrogens (tertiary/aromatic N) is 3. The predicted molar refractivity (Wildman–Crippen MR) is 82.0 cm³/mol. The van der Waals surface area contributed by atoms with Gasteiger partial charge in [0.25, 0.3) is 0 Å². The molecule has 1 aromatic carbocycles. The monoisotopic (exact) mass is 287 g/mol. The van der Waals surface area contributed by atoms with Gasteiger partial charge in [-0.15, -0.1) is 0 Å². The number of piperidine rings is 1. The summed E-state index contributed by atoms with van der Waals surface area (Å²) in [6.45, 7) is 3.28. The van der Waals surface area contributed by atoms with E-state index in [0.717, 1.165) is 18.8 Å². The van der Waals surface area contributed by atoms with Gasteiger partial charge in [0.1, 0.15) is 11.0 Å². The third kappa shape index (κ3) is 2.78. The summed E-state index contributed by atoms with van der Waals surface area (Å²) in [5.41, 5.74) is 1.33. The lowest BCUT2D eigenvalue weighted by Gasteiger charge is -2.39. The summed E-state index contributed by atoms with van der Waals surface area (Å²) < 4.78 is 0. The Morgan fingerprint density at radius 1 is 1.15 bits per heavy atom. The van der Waals surface area contributed by atoms with Crippen LogP contribution in [0, 0.1) is 5.92 Å². The van der Waals surface area contributed by atoms with Gasteiger partial charge in [0, 0.05) is 6.54 Å². The Balaban J connectivity index is 1.95. The number of benzene rings is 1. The van der Waals surface area contributed by atoms with Crippen LogP contribution in [0.2, 0.25) is 5.15 Å². The van der Waals surface area contributed by atoms with Crippen molar-refractivity contribution >= 4 is 17.4 Å². The van der Waals surface area contributed by atoms with Crippen LogP contribution in [0.3, 0.4) is 0 Å². The zero-order chi connectivity index (χ0) is 13.9. The second-order valence-corrected chi connectivity index (χ2v) is 5.85. The van der Waals surface area contributed by atoms with Crippen molar-refractivity contribution in [2.24, 2.45) is 5.92 Å². The van der Waals surface area contributed by atoms with Crippen LogP contribution >= 0.6 is 11.6 Å². The molecule has 1 fully saturated rings. The van der Waals surface area contributed by atoms with E-state index < -0.39 is 0 Å². The van der Waals surface area contributed by atoms with E-state index in [1.807, 2.05) is 0 Å². The SMILES string of the molecule is C[C@H]1CC[C@@H](c2ccccc2)N(c2cncc(Cl)n2)C1.